The standard InChI is InChI=1S/C32H31BrN2O6S2/c1-14(2)10-20(31(38)39)35-29(36)24-18-12-19(25(24)30(35)37)26-23(18)22(27-28(42-26)34-32(40)43-27)17-11-16(33)8-9-21(17)41-13-15-6-4-3-5-7-15/h3-9,11,14,18-20,22-26H,10,12-13H2,1-2H3,(H,34,40)(H,38,39)/t18?,19?,20?,22-,23?,24?,25?,26?/m1/s1. The number of H-pyrrole nitrogens is 1. The number of thiazole rings is 1. The van der Waals surface area contributed by atoms with Crippen LogP contribution in [0.3, 0.4) is 0 Å². The van der Waals surface area contributed by atoms with E-state index in [1.165, 1.54) is 11.3 Å². The Morgan fingerprint density at radius 3 is 2.51 bits per heavy atom. The summed E-state index contributed by atoms with van der Waals surface area (Å²) < 4.78 is 7.29. The molecule has 8 nitrogen and oxygen atoms in total. The van der Waals surface area contributed by atoms with Crippen molar-refractivity contribution in [2.45, 2.75) is 55.5 Å². The van der Waals surface area contributed by atoms with Gasteiger partial charge in [0.15, 0.2) is 0 Å². The van der Waals surface area contributed by atoms with Crippen molar-refractivity contribution in [2.24, 2.45) is 35.5 Å². The second kappa shape index (κ2) is 10.9. The number of carbonyl (C=O) groups excluding carboxylic acids is 2. The van der Waals surface area contributed by atoms with Crippen LogP contribution in [0, 0.1) is 35.5 Å². The molecule has 0 spiro atoms. The molecule has 8 atom stereocenters. The van der Waals surface area contributed by atoms with E-state index >= 15 is 0 Å². The highest BCUT2D eigenvalue weighted by atomic mass is 79.9. The van der Waals surface area contributed by atoms with Crippen molar-refractivity contribution in [1.29, 1.82) is 0 Å². The van der Waals surface area contributed by atoms with Gasteiger partial charge in [0.05, 0.1) is 16.9 Å². The first kappa shape index (κ1) is 28.9. The quantitative estimate of drug-likeness (QED) is 0.291. The number of rotatable bonds is 8. The van der Waals surface area contributed by atoms with E-state index in [1.807, 2.05) is 62.4 Å². The number of aromatic amines is 1. The Labute approximate surface area is 265 Å². The molecule has 7 rings (SSSR count). The van der Waals surface area contributed by atoms with Crippen molar-refractivity contribution in [1.82, 2.24) is 9.88 Å². The molecule has 1 aromatic heterocycles. The lowest BCUT2D eigenvalue weighted by Gasteiger charge is -2.43. The van der Waals surface area contributed by atoms with Crippen molar-refractivity contribution >= 4 is 56.8 Å². The van der Waals surface area contributed by atoms with Crippen LogP contribution in [-0.4, -0.2) is 44.1 Å². The molecule has 43 heavy (non-hydrogen) atoms. The molecule has 2 aliphatic carbocycles. The van der Waals surface area contributed by atoms with Gasteiger partial charge in [-0.05, 0) is 60.3 Å². The molecule has 224 valence electrons. The first-order chi connectivity index (χ1) is 20.6. The number of hydrogen-bond acceptors (Lipinski definition) is 7. The molecule has 3 fully saturated rings. The Morgan fingerprint density at radius 1 is 1.09 bits per heavy atom. The number of aromatic nitrogens is 1. The molecular formula is C32H31BrN2O6S2. The third-order valence-corrected chi connectivity index (χ3v) is 12.7. The van der Waals surface area contributed by atoms with E-state index < -0.39 is 23.8 Å². The third-order valence-electron chi connectivity index (χ3n) is 9.59. The number of thioether (sulfide) groups is 1. The van der Waals surface area contributed by atoms with Gasteiger partial charge in [-0.25, -0.2) is 4.79 Å². The number of benzene rings is 2. The van der Waals surface area contributed by atoms with Crippen molar-refractivity contribution in [3.8, 4) is 5.75 Å². The number of nitrogens with zero attached hydrogens (tertiary/aromatic N) is 1. The summed E-state index contributed by atoms with van der Waals surface area (Å²) in [5.74, 6) is -2.60. The van der Waals surface area contributed by atoms with Crippen LogP contribution in [0.2, 0.25) is 0 Å². The lowest BCUT2D eigenvalue weighted by molar-refractivity contribution is -0.156. The van der Waals surface area contributed by atoms with Gasteiger partial charge in [-0.15, -0.1) is 11.8 Å². The Morgan fingerprint density at radius 2 is 1.81 bits per heavy atom. The van der Waals surface area contributed by atoms with Crippen molar-refractivity contribution < 1.29 is 24.2 Å². The van der Waals surface area contributed by atoms with Crippen LogP contribution in [-0.2, 0) is 21.0 Å². The molecule has 3 heterocycles. The number of likely N-dealkylation sites (tertiary alicyclic amines) is 1. The topological polar surface area (TPSA) is 117 Å². The smallest absolute Gasteiger partial charge is 0.326 e. The zero-order chi connectivity index (χ0) is 30.2. The predicted molar refractivity (Wildman–Crippen MR) is 166 cm³/mol. The maximum Gasteiger partial charge on any atom is 0.326 e. The third kappa shape index (κ3) is 4.69. The van der Waals surface area contributed by atoms with E-state index in [2.05, 4.69) is 20.9 Å². The average molecular weight is 684 g/mol. The van der Waals surface area contributed by atoms with Crippen molar-refractivity contribution in [3.05, 3.63) is 78.7 Å². The highest BCUT2D eigenvalue weighted by molar-refractivity contribution is 9.10. The lowest BCUT2D eigenvalue weighted by atomic mass is 9.68. The number of nitrogens with one attached hydrogen (secondary N) is 1. The zero-order valence-corrected chi connectivity index (χ0v) is 26.8. The SMILES string of the molecule is CC(C)CC(C(=O)O)N1C(=O)C2C3CC(C2C1=O)C1C3Sc2[nH]c(=O)sc2[C@@H]1c1cc(Br)ccc1OCc1ccccc1. The molecule has 7 unspecified atom stereocenters. The minimum absolute atomic E-state index is 0.0000294. The number of imide groups is 1. The fraction of sp³-hybridized carbons (Fsp3) is 0.438. The molecule has 2 amide bonds. The van der Waals surface area contributed by atoms with Gasteiger partial charge in [0, 0.05) is 26.1 Å². The summed E-state index contributed by atoms with van der Waals surface area (Å²) in [7, 11) is 0. The molecule has 3 aromatic rings. The number of aliphatic carboxylic acids is 1. The Kier molecular flexibility index (Phi) is 7.33. The second-order valence-corrected chi connectivity index (χ2v) is 15.6. The molecule has 2 aliphatic heterocycles. The number of carboxylic acids is 1. The van der Waals surface area contributed by atoms with Crippen molar-refractivity contribution in [3.63, 3.8) is 0 Å². The Hall–Kier alpha value is -2.89. The van der Waals surface area contributed by atoms with E-state index in [-0.39, 0.29) is 57.9 Å². The minimum atomic E-state index is -1.16. The van der Waals surface area contributed by atoms with Gasteiger partial charge in [-0.2, -0.15) is 0 Å². The molecule has 11 heteroatoms. The highest BCUT2D eigenvalue weighted by Gasteiger charge is 2.70. The lowest BCUT2D eigenvalue weighted by Crippen LogP contribution is -2.47. The molecule has 1 saturated heterocycles. The summed E-state index contributed by atoms with van der Waals surface area (Å²) in [5.41, 5.74) is 1.98. The van der Waals surface area contributed by atoms with Gasteiger partial charge in [-0.3, -0.25) is 19.3 Å². The van der Waals surface area contributed by atoms with Crippen molar-refractivity contribution in [2.75, 3.05) is 0 Å². The van der Waals surface area contributed by atoms with Crippen LogP contribution in [0.5, 0.6) is 5.75 Å². The van der Waals surface area contributed by atoms with Crippen LogP contribution in [0.15, 0.2) is 62.8 Å². The van der Waals surface area contributed by atoms with Crippen LogP contribution in [0.1, 0.15) is 48.6 Å². The molecule has 2 N–H and O–H groups in total. The fourth-order valence-electron chi connectivity index (χ4n) is 8.09. The predicted octanol–water partition coefficient (Wildman–Crippen LogP) is 5.75. The average Bonchev–Trinajstić information content (AvgIpc) is 3.70. The van der Waals surface area contributed by atoms with Gasteiger partial charge in [0.25, 0.3) is 0 Å². The highest BCUT2D eigenvalue weighted by Crippen LogP contribution is 2.69. The summed E-state index contributed by atoms with van der Waals surface area (Å²) in [6.45, 7) is 4.18. The monoisotopic (exact) mass is 682 g/mol. The Balaban J connectivity index is 1.29. The first-order valence-corrected chi connectivity index (χ1v) is 17.1. The number of hydrogen-bond donors (Lipinski definition) is 2. The number of amides is 2. The van der Waals surface area contributed by atoms with Gasteiger partial charge in [0.2, 0.25) is 11.8 Å². The van der Waals surface area contributed by atoms with Gasteiger partial charge in [0.1, 0.15) is 18.4 Å². The molecule has 2 bridgehead atoms. The maximum atomic E-state index is 14.0. The number of fused-ring (bicyclic) bond motifs is 9. The summed E-state index contributed by atoms with van der Waals surface area (Å²) in [4.78, 5) is 57.8. The second-order valence-electron chi connectivity index (χ2n) is 12.4. The zero-order valence-electron chi connectivity index (χ0n) is 23.6. The van der Waals surface area contributed by atoms with Crippen LogP contribution in [0.4, 0.5) is 0 Å². The summed E-state index contributed by atoms with van der Waals surface area (Å²) in [6, 6.07) is 14.7. The number of halogens is 1. The normalized spacial score (nSPS) is 29.5. The summed E-state index contributed by atoms with van der Waals surface area (Å²) >= 11 is 6.46. The summed E-state index contributed by atoms with van der Waals surface area (Å²) in [5, 5.41) is 10.8. The number of ether oxygens (including phenoxy) is 1. The largest absolute Gasteiger partial charge is 0.489 e. The molecule has 2 aromatic carbocycles. The van der Waals surface area contributed by atoms with Gasteiger partial charge < -0.3 is 14.8 Å². The Bertz CT molecular complexity index is 1670. The van der Waals surface area contributed by atoms with Gasteiger partial charge >= 0.3 is 10.8 Å². The van der Waals surface area contributed by atoms with Gasteiger partial charge in [-0.1, -0.05) is 71.4 Å². The molecule has 4 aliphatic rings. The van der Waals surface area contributed by atoms with Crippen LogP contribution >= 0.6 is 39.0 Å². The van der Waals surface area contributed by atoms with E-state index in [0.29, 0.717) is 12.4 Å². The summed E-state index contributed by atoms with van der Waals surface area (Å²) in [6.07, 6.45) is 0.958. The molecular weight excluding hydrogens is 652 g/mol. The maximum absolute atomic E-state index is 14.0. The van der Waals surface area contributed by atoms with E-state index in [4.69, 9.17) is 4.74 Å². The molecule has 2 saturated carbocycles. The van der Waals surface area contributed by atoms with E-state index in [1.54, 1.807) is 11.8 Å². The number of carbonyl (C=O) groups is 3. The van der Waals surface area contributed by atoms with E-state index in [0.717, 1.165) is 36.8 Å². The van der Waals surface area contributed by atoms with E-state index in [9.17, 15) is 24.3 Å². The minimum Gasteiger partial charge on any atom is -0.489 e. The first-order valence-electron chi connectivity index (χ1n) is 14.6. The number of carboxylic acid groups (broad SMARTS) is 1. The fourth-order valence-corrected chi connectivity index (χ4v) is 11.3. The van der Waals surface area contributed by atoms with Crippen LogP contribution < -0.4 is 9.61 Å². The molecule has 0 radical (unpaired) electrons. The van der Waals surface area contributed by atoms with Crippen LogP contribution in [0.25, 0.3) is 0 Å².